The number of nitrogens with one attached hydrogen (secondary N) is 1. The van der Waals surface area contributed by atoms with Crippen molar-refractivity contribution in [3.8, 4) is 0 Å². The Bertz CT molecular complexity index is 420. The molecule has 0 heterocycles. The Kier molecular flexibility index (Phi) is 3.86. The van der Waals surface area contributed by atoms with Crippen molar-refractivity contribution in [3.05, 3.63) is 35.9 Å². The minimum atomic E-state index is 0.227. The number of rotatable bonds is 3. The van der Waals surface area contributed by atoms with Gasteiger partial charge in [-0.25, -0.2) is 0 Å². The smallest absolute Gasteiger partial charge is 0.223 e. The zero-order chi connectivity index (χ0) is 13.1. The van der Waals surface area contributed by atoms with Crippen LogP contribution in [0.15, 0.2) is 30.3 Å². The molecule has 19 heavy (non-hydrogen) atoms. The summed E-state index contributed by atoms with van der Waals surface area (Å²) in [5.41, 5.74) is 1.32. The van der Waals surface area contributed by atoms with Gasteiger partial charge in [-0.3, -0.25) is 4.79 Å². The van der Waals surface area contributed by atoms with Gasteiger partial charge < -0.3 is 5.32 Å². The molecule has 2 saturated carbocycles. The van der Waals surface area contributed by atoms with Gasteiger partial charge in [-0.15, -0.1) is 0 Å². The Hall–Kier alpha value is -1.31. The zero-order valence-corrected chi connectivity index (χ0v) is 11.5. The van der Waals surface area contributed by atoms with Crippen LogP contribution >= 0.6 is 0 Å². The standard InChI is InChI=1S/C17H23NO/c19-17(18-14-10-6-1-2-7-11-14)16-12-15(16)13-8-4-3-5-9-13/h3-5,8-9,14-16H,1-2,6-7,10-12H2,(H,18,19)/t15-,16-/m1/s1. The topological polar surface area (TPSA) is 29.1 Å². The van der Waals surface area contributed by atoms with Gasteiger partial charge in [0, 0.05) is 12.0 Å². The molecule has 2 heteroatoms. The minimum absolute atomic E-state index is 0.227. The third-order valence-corrected chi connectivity index (χ3v) is 4.56. The Labute approximate surface area is 115 Å². The predicted molar refractivity (Wildman–Crippen MR) is 76.9 cm³/mol. The molecule has 2 nitrogen and oxygen atoms in total. The van der Waals surface area contributed by atoms with Crippen molar-refractivity contribution in [2.24, 2.45) is 5.92 Å². The fourth-order valence-electron chi connectivity index (χ4n) is 3.29. The van der Waals surface area contributed by atoms with Crippen LogP contribution in [0.3, 0.4) is 0 Å². The van der Waals surface area contributed by atoms with Crippen molar-refractivity contribution in [2.45, 2.75) is 56.9 Å². The van der Waals surface area contributed by atoms with Crippen LogP contribution in [-0.2, 0) is 4.79 Å². The Morgan fingerprint density at radius 3 is 2.37 bits per heavy atom. The molecule has 0 aliphatic heterocycles. The van der Waals surface area contributed by atoms with Gasteiger partial charge in [-0.1, -0.05) is 56.0 Å². The van der Waals surface area contributed by atoms with Crippen LogP contribution in [0.25, 0.3) is 0 Å². The van der Waals surface area contributed by atoms with Crippen molar-refractivity contribution in [2.75, 3.05) is 0 Å². The SMILES string of the molecule is O=C(NC1CCCCCC1)[C@@H]1C[C@@H]1c1ccccc1. The van der Waals surface area contributed by atoms with E-state index >= 15 is 0 Å². The van der Waals surface area contributed by atoms with Crippen molar-refractivity contribution in [1.82, 2.24) is 5.32 Å². The third kappa shape index (κ3) is 3.17. The quantitative estimate of drug-likeness (QED) is 0.823. The summed E-state index contributed by atoms with van der Waals surface area (Å²) >= 11 is 0. The highest BCUT2D eigenvalue weighted by Crippen LogP contribution is 2.47. The summed E-state index contributed by atoms with van der Waals surface area (Å²) in [5, 5.41) is 3.28. The molecule has 102 valence electrons. The van der Waals surface area contributed by atoms with Crippen molar-refractivity contribution < 1.29 is 4.79 Å². The molecule has 2 aliphatic rings. The van der Waals surface area contributed by atoms with Gasteiger partial charge in [-0.05, 0) is 30.7 Å². The van der Waals surface area contributed by atoms with Gasteiger partial charge in [0.2, 0.25) is 5.91 Å². The highest BCUT2D eigenvalue weighted by molar-refractivity contribution is 5.83. The fourth-order valence-corrected chi connectivity index (χ4v) is 3.29. The normalized spacial score (nSPS) is 27.6. The zero-order valence-electron chi connectivity index (χ0n) is 11.5. The van der Waals surface area contributed by atoms with Gasteiger partial charge in [0.1, 0.15) is 0 Å². The van der Waals surface area contributed by atoms with Gasteiger partial charge in [-0.2, -0.15) is 0 Å². The number of carbonyl (C=O) groups is 1. The number of benzene rings is 1. The molecule has 2 aliphatic carbocycles. The second-order valence-corrected chi connectivity index (χ2v) is 6.06. The van der Waals surface area contributed by atoms with E-state index in [1.54, 1.807) is 0 Å². The summed E-state index contributed by atoms with van der Waals surface area (Å²) in [7, 11) is 0. The molecule has 2 fully saturated rings. The van der Waals surface area contributed by atoms with E-state index in [0.29, 0.717) is 17.9 Å². The summed E-state index contributed by atoms with van der Waals surface area (Å²) in [4.78, 5) is 12.3. The molecule has 0 bridgehead atoms. The first kappa shape index (κ1) is 12.7. The number of hydrogen-bond donors (Lipinski definition) is 1. The minimum Gasteiger partial charge on any atom is -0.353 e. The van der Waals surface area contributed by atoms with E-state index in [1.807, 2.05) is 6.07 Å². The molecule has 1 amide bonds. The van der Waals surface area contributed by atoms with Crippen LogP contribution in [0.2, 0.25) is 0 Å². The highest BCUT2D eigenvalue weighted by Gasteiger charge is 2.44. The third-order valence-electron chi connectivity index (χ3n) is 4.56. The largest absolute Gasteiger partial charge is 0.353 e. The predicted octanol–water partition coefficient (Wildman–Crippen LogP) is 3.63. The lowest BCUT2D eigenvalue weighted by Crippen LogP contribution is -2.35. The molecule has 0 spiro atoms. The monoisotopic (exact) mass is 257 g/mol. The first-order valence-electron chi connectivity index (χ1n) is 7.70. The maximum Gasteiger partial charge on any atom is 0.223 e. The van der Waals surface area contributed by atoms with Crippen molar-refractivity contribution in [1.29, 1.82) is 0 Å². The molecular formula is C17H23NO. The van der Waals surface area contributed by atoms with Gasteiger partial charge >= 0.3 is 0 Å². The lowest BCUT2D eigenvalue weighted by Gasteiger charge is -2.16. The lowest BCUT2D eigenvalue weighted by molar-refractivity contribution is -0.123. The lowest BCUT2D eigenvalue weighted by atomic mass is 10.1. The Morgan fingerprint density at radius 1 is 1.00 bits per heavy atom. The van der Waals surface area contributed by atoms with Crippen molar-refractivity contribution in [3.63, 3.8) is 0 Å². The maximum absolute atomic E-state index is 12.3. The Morgan fingerprint density at radius 2 is 1.68 bits per heavy atom. The Balaban J connectivity index is 1.52. The van der Waals surface area contributed by atoms with E-state index < -0.39 is 0 Å². The van der Waals surface area contributed by atoms with Gasteiger partial charge in [0.05, 0.1) is 0 Å². The number of amides is 1. The van der Waals surface area contributed by atoms with E-state index in [0.717, 1.165) is 6.42 Å². The molecule has 0 radical (unpaired) electrons. The van der Waals surface area contributed by atoms with Crippen LogP contribution < -0.4 is 5.32 Å². The van der Waals surface area contributed by atoms with Crippen molar-refractivity contribution >= 4 is 5.91 Å². The fraction of sp³-hybridized carbons (Fsp3) is 0.588. The first-order chi connectivity index (χ1) is 9.34. The summed E-state index contributed by atoms with van der Waals surface area (Å²) < 4.78 is 0. The van der Waals surface area contributed by atoms with E-state index in [2.05, 4.69) is 29.6 Å². The number of hydrogen-bond acceptors (Lipinski definition) is 1. The second-order valence-electron chi connectivity index (χ2n) is 6.06. The number of carbonyl (C=O) groups excluding carboxylic acids is 1. The highest BCUT2D eigenvalue weighted by atomic mass is 16.2. The second kappa shape index (κ2) is 5.77. The average Bonchev–Trinajstić information content (AvgIpc) is 3.24. The van der Waals surface area contributed by atoms with E-state index in [4.69, 9.17) is 0 Å². The van der Waals surface area contributed by atoms with Crippen LogP contribution in [0.4, 0.5) is 0 Å². The molecule has 2 atom stereocenters. The summed E-state index contributed by atoms with van der Waals surface area (Å²) in [6.45, 7) is 0. The molecular weight excluding hydrogens is 234 g/mol. The van der Waals surface area contributed by atoms with Crippen LogP contribution in [0.5, 0.6) is 0 Å². The van der Waals surface area contributed by atoms with Crippen LogP contribution in [0, 0.1) is 5.92 Å². The molecule has 1 aromatic carbocycles. The summed E-state index contributed by atoms with van der Waals surface area (Å²) in [5.74, 6) is 0.985. The molecule has 3 rings (SSSR count). The van der Waals surface area contributed by atoms with Gasteiger partial charge in [0.25, 0.3) is 0 Å². The van der Waals surface area contributed by atoms with Gasteiger partial charge in [0.15, 0.2) is 0 Å². The van der Waals surface area contributed by atoms with E-state index in [-0.39, 0.29) is 5.92 Å². The van der Waals surface area contributed by atoms with Crippen LogP contribution in [0.1, 0.15) is 56.4 Å². The summed E-state index contributed by atoms with van der Waals surface area (Å²) in [6.07, 6.45) is 8.60. The summed E-state index contributed by atoms with van der Waals surface area (Å²) in [6, 6.07) is 10.9. The van der Waals surface area contributed by atoms with E-state index in [1.165, 1.54) is 44.1 Å². The van der Waals surface area contributed by atoms with E-state index in [9.17, 15) is 4.79 Å². The first-order valence-corrected chi connectivity index (χ1v) is 7.70. The molecule has 1 N–H and O–H groups in total. The molecule has 1 aromatic rings. The molecule has 0 saturated heterocycles. The average molecular weight is 257 g/mol. The van der Waals surface area contributed by atoms with Crippen LogP contribution in [-0.4, -0.2) is 11.9 Å². The maximum atomic E-state index is 12.3. The molecule has 0 unspecified atom stereocenters. The molecule has 0 aromatic heterocycles.